The highest BCUT2D eigenvalue weighted by Crippen LogP contribution is 2.26. The molecule has 1 saturated carbocycles. The van der Waals surface area contributed by atoms with Gasteiger partial charge in [0.25, 0.3) is 0 Å². The Bertz CT molecular complexity index is 590. The van der Waals surface area contributed by atoms with E-state index >= 15 is 0 Å². The van der Waals surface area contributed by atoms with Gasteiger partial charge >= 0.3 is 5.97 Å². The summed E-state index contributed by atoms with van der Waals surface area (Å²) in [4.78, 5) is 18.3. The van der Waals surface area contributed by atoms with Gasteiger partial charge in [0.2, 0.25) is 11.7 Å². The van der Waals surface area contributed by atoms with E-state index in [2.05, 4.69) is 10.1 Å². The highest BCUT2D eigenvalue weighted by Gasteiger charge is 2.26. The zero-order chi connectivity index (χ0) is 14.7. The van der Waals surface area contributed by atoms with Crippen LogP contribution in [0.25, 0.3) is 10.7 Å². The molecule has 3 rings (SSSR count). The van der Waals surface area contributed by atoms with E-state index in [1.165, 1.54) is 0 Å². The lowest BCUT2D eigenvalue weighted by Gasteiger charge is -2.25. The predicted molar refractivity (Wildman–Crippen MR) is 77.9 cm³/mol. The lowest BCUT2D eigenvalue weighted by atomic mass is 10.2. The summed E-state index contributed by atoms with van der Waals surface area (Å²) in [6.45, 7) is 0.413. The molecule has 0 atom stereocenters. The van der Waals surface area contributed by atoms with Gasteiger partial charge in [-0.1, -0.05) is 24.1 Å². The topological polar surface area (TPSA) is 79.5 Å². The van der Waals surface area contributed by atoms with E-state index in [0.29, 0.717) is 24.3 Å². The largest absolute Gasteiger partial charge is 0.480 e. The zero-order valence-electron chi connectivity index (χ0n) is 11.6. The molecule has 0 radical (unpaired) electrons. The minimum Gasteiger partial charge on any atom is -0.480 e. The minimum atomic E-state index is -0.820. The van der Waals surface area contributed by atoms with Crippen LogP contribution in [0.15, 0.2) is 22.0 Å². The van der Waals surface area contributed by atoms with E-state index < -0.39 is 5.97 Å². The predicted octanol–water partition coefficient (Wildman–Crippen LogP) is 2.63. The second kappa shape index (κ2) is 6.36. The summed E-state index contributed by atoms with van der Waals surface area (Å²) in [5, 5.41) is 15.0. The molecule has 0 bridgehead atoms. The van der Waals surface area contributed by atoms with Crippen molar-refractivity contribution in [2.75, 3.05) is 6.54 Å². The van der Waals surface area contributed by atoms with E-state index in [-0.39, 0.29) is 6.54 Å². The van der Waals surface area contributed by atoms with Crippen LogP contribution >= 0.6 is 11.3 Å². The third-order valence-electron chi connectivity index (χ3n) is 3.73. The number of aromatic nitrogens is 2. The Balaban J connectivity index is 1.71. The number of hydrogen-bond acceptors (Lipinski definition) is 6. The van der Waals surface area contributed by atoms with E-state index in [1.54, 1.807) is 11.3 Å². The van der Waals surface area contributed by atoms with E-state index in [4.69, 9.17) is 9.63 Å². The lowest BCUT2D eigenvalue weighted by Crippen LogP contribution is -2.37. The molecule has 0 amide bonds. The maximum atomic E-state index is 11.0. The average molecular weight is 307 g/mol. The van der Waals surface area contributed by atoms with Crippen molar-refractivity contribution >= 4 is 17.3 Å². The molecule has 7 heteroatoms. The van der Waals surface area contributed by atoms with Crippen LogP contribution in [-0.4, -0.2) is 38.7 Å². The number of carbonyl (C=O) groups is 1. The van der Waals surface area contributed by atoms with Crippen LogP contribution in [0, 0.1) is 0 Å². The number of carboxylic acid groups (broad SMARTS) is 1. The third-order valence-corrected chi connectivity index (χ3v) is 4.59. The van der Waals surface area contributed by atoms with Crippen molar-refractivity contribution in [1.29, 1.82) is 0 Å². The van der Waals surface area contributed by atoms with Gasteiger partial charge in [0, 0.05) is 6.04 Å². The fourth-order valence-electron chi connectivity index (χ4n) is 2.76. The van der Waals surface area contributed by atoms with Gasteiger partial charge < -0.3 is 9.63 Å². The summed E-state index contributed by atoms with van der Waals surface area (Å²) in [6.07, 6.45) is 4.40. The molecule has 1 fully saturated rings. The normalized spacial score (nSPS) is 15.9. The van der Waals surface area contributed by atoms with Crippen LogP contribution < -0.4 is 0 Å². The molecular weight excluding hydrogens is 290 g/mol. The molecule has 0 aromatic carbocycles. The van der Waals surface area contributed by atoms with E-state index in [0.717, 1.165) is 30.6 Å². The number of rotatable bonds is 6. The highest BCUT2D eigenvalue weighted by atomic mass is 32.1. The number of thiophene rings is 1. The third kappa shape index (κ3) is 3.48. The van der Waals surface area contributed by atoms with Gasteiger partial charge in [-0.2, -0.15) is 4.98 Å². The molecule has 2 aromatic heterocycles. The molecule has 112 valence electrons. The van der Waals surface area contributed by atoms with Crippen LogP contribution in [0.4, 0.5) is 0 Å². The fraction of sp³-hybridized carbons (Fsp3) is 0.500. The molecule has 0 unspecified atom stereocenters. The lowest BCUT2D eigenvalue weighted by molar-refractivity contribution is -0.139. The van der Waals surface area contributed by atoms with Gasteiger partial charge in [0.1, 0.15) is 0 Å². The number of aliphatic carboxylic acids is 1. The van der Waals surface area contributed by atoms with Crippen molar-refractivity contribution in [1.82, 2.24) is 15.0 Å². The monoisotopic (exact) mass is 307 g/mol. The van der Waals surface area contributed by atoms with Crippen molar-refractivity contribution in [3.63, 3.8) is 0 Å². The molecule has 2 heterocycles. The van der Waals surface area contributed by atoms with Gasteiger partial charge in [-0.15, -0.1) is 11.3 Å². The molecule has 0 spiro atoms. The molecule has 1 aliphatic rings. The van der Waals surface area contributed by atoms with Crippen molar-refractivity contribution in [3.05, 3.63) is 23.4 Å². The van der Waals surface area contributed by atoms with Gasteiger partial charge in [-0.05, 0) is 24.3 Å². The maximum Gasteiger partial charge on any atom is 0.317 e. The molecular formula is C14H17N3O3S. The highest BCUT2D eigenvalue weighted by molar-refractivity contribution is 7.13. The molecule has 6 nitrogen and oxygen atoms in total. The van der Waals surface area contributed by atoms with Gasteiger partial charge in [0.05, 0.1) is 18.0 Å². The van der Waals surface area contributed by atoms with Crippen LogP contribution in [-0.2, 0) is 11.3 Å². The molecule has 0 saturated heterocycles. The van der Waals surface area contributed by atoms with Gasteiger partial charge in [-0.3, -0.25) is 9.69 Å². The summed E-state index contributed by atoms with van der Waals surface area (Å²) >= 11 is 1.55. The Labute approximate surface area is 126 Å². The second-order valence-electron chi connectivity index (χ2n) is 5.23. The second-order valence-corrected chi connectivity index (χ2v) is 6.17. The SMILES string of the molecule is O=C(O)CN(Cc1nc(-c2cccs2)no1)C1CCCC1. The van der Waals surface area contributed by atoms with E-state index in [9.17, 15) is 4.79 Å². The molecule has 1 N–H and O–H groups in total. The first kappa shape index (κ1) is 14.2. The van der Waals surface area contributed by atoms with Crippen molar-refractivity contribution < 1.29 is 14.4 Å². The Hall–Kier alpha value is -1.73. The average Bonchev–Trinajstić information content (AvgIpc) is 3.20. The summed E-state index contributed by atoms with van der Waals surface area (Å²) in [5.74, 6) is 0.230. The summed E-state index contributed by atoms with van der Waals surface area (Å²) in [7, 11) is 0. The Morgan fingerprint density at radius 2 is 2.29 bits per heavy atom. The zero-order valence-corrected chi connectivity index (χ0v) is 12.4. The van der Waals surface area contributed by atoms with Crippen molar-refractivity contribution in [2.45, 2.75) is 38.3 Å². The van der Waals surface area contributed by atoms with Gasteiger partial charge in [-0.25, -0.2) is 0 Å². The molecule has 2 aromatic rings. The standard InChI is InChI=1S/C14H17N3O3S/c18-13(19)9-17(10-4-1-2-5-10)8-12-15-14(16-20-12)11-6-3-7-21-11/h3,6-7,10H,1-2,4-5,8-9H2,(H,18,19). The summed E-state index contributed by atoms with van der Waals surface area (Å²) in [6, 6.07) is 4.18. The van der Waals surface area contributed by atoms with Gasteiger partial charge in [0.15, 0.2) is 0 Å². The first-order chi connectivity index (χ1) is 10.2. The molecule has 21 heavy (non-hydrogen) atoms. The van der Waals surface area contributed by atoms with Crippen LogP contribution in [0.2, 0.25) is 0 Å². The Morgan fingerprint density at radius 1 is 1.48 bits per heavy atom. The molecule has 1 aliphatic carbocycles. The van der Waals surface area contributed by atoms with Crippen LogP contribution in [0.3, 0.4) is 0 Å². The quantitative estimate of drug-likeness (QED) is 0.883. The van der Waals surface area contributed by atoms with Crippen molar-refractivity contribution in [2.24, 2.45) is 0 Å². The summed E-state index contributed by atoms with van der Waals surface area (Å²) < 4.78 is 5.27. The molecule has 0 aliphatic heterocycles. The fourth-order valence-corrected chi connectivity index (χ4v) is 3.41. The number of carboxylic acids is 1. The van der Waals surface area contributed by atoms with Crippen LogP contribution in [0.5, 0.6) is 0 Å². The van der Waals surface area contributed by atoms with Crippen molar-refractivity contribution in [3.8, 4) is 10.7 Å². The minimum absolute atomic E-state index is 0.0153. The maximum absolute atomic E-state index is 11.0. The smallest absolute Gasteiger partial charge is 0.317 e. The summed E-state index contributed by atoms with van der Waals surface area (Å²) in [5.41, 5.74) is 0. The Morgan fingerprint density at radius 3 is 2.95 bits per heavy atom. The number of hydrogen-bond donors (Lipinski definition) is 1. The van der Waals surface area contributed by atoms with Crippen LogP contribution in [0.1, 0.15) is 31.6 Å². The number of nitrogens with zero attached hydrogens (tertiary/aromatic N) is 3. The Kier molecular flexibility index (Phi) is 4.31. The first-order valence-electron chi connectivity index (χ1n) is 7.04. The van der Waals surface area contributed by atoms with E-state index in [1.807, 2.05) is 22.4 Å². The first-order valence-corrected chi connectivity index (χ1v) is 7.92.